The van der Waals surface area contributed by atoms with Crippen LogP contribution < -0.4 is 5.32 Å². The zero-order valence-corrected chi connectivity index (χ0v) is 9.35. The van der Waals surface area contributed by atoms with E-state index in [9.17, 15) is 4.79 Å². The summed E-state index contributed by atoms with van der Waals surface area (Å²) in [6.07, 6.45) is 0. The monoisotopic (exact) mass is 211 g/mol. The van der Waals surface area contributed by atoms with E-state index in [2.05, 4.69) is 19.2 Å². The van der Waals surface area contributed by atoms with Crippen molar-refractivity contribution in [1.82, 2.24) is 0 Å². The van der Waals surface area contributed by atoms with Gasteiger partial charge in [-0.3, -0.25) is 4.79 Å². The smallest absolute Gasteiger partial charge is 0.221 e. The van der Waals surface area contributed by atoms with Crippen molar-refractivity contribution in [2.45, 2.75) is 26.7 Å². The Morgan fingerprint density at radius 2 is 2.07 bits per heavy atom. The average molecular weight is 212 g/mol. The Bertz CT molecular complexity index is 347. The number of halogens is 1. The Kier molecular flexibility index (Phi) is 3.53. The Labute approximate surface area is 89.3 Å². The lowest BCUT2D eigenvalue weighted by atomic mass is 10.0. The summed E-state index contributed by atoms with van der Waals surface area (Å²) in [4.78, 5) is 10.8. The third-order valence-corrected chi connectivity index (χ3v) is 2.28. The zero-order valence-electron chi connectivity index (χ0n) is 8.60. The molecule has 0 aliphatic rings. The number of anilines is 1. The minimum atomic E-state index is -0.0676. The first-order chi connectivity index (χ1) is 6.50. The van der Waals surface area contributed by atoms with Gasteiger partial charge < -0.3 is 5.32 Å². The van der Waals surface area contributed by atoms with E-state index >= 15 is 0 Å². The van der Waals surface area contributed by atoms with Crippen LogP contribution in [0.5, 0.6) is 0 Å². The minimum Gasteiger partial charge on any atom is -0.326 e. The number of hydrogen-bond acceptors (Lipinski definition) is 1. The van der Waals surface area contributed by atoms with E-state index in [0.717, 1.165) is 16.3 Å². The maximum Gasteiger partial charge on any atom is 0.221 e. The maximum absolute atomic E-state index is 10.8. The molecule has 1 rings (SSSR count). The van der Waals surface area contributed by atoms with Gasteiger partial charge in [0.15, 0.2) is 0 Å². The zero-order chi connectivity index (χ0) is 10.7. The molecule has 14 heavy (non-hydrogen) atoms. The molecule has 0 aliphatic heterocycles. The van der Waals surface area contributed by atoms with E-state index < -0.39 is 0 Å². The maximum atomic E-state index is 10.8. The molecule has 0 saturated carbocycles. The van der Waals surface area contributed by atoms with E-state index in [1.165, 1.54) is 6.92 Å². The fourth-order valence-electron chi connectivity index (χ4n) is 1.27. The molecular weight excluding hydrogens is 198 g/mol. The average Bonchev–Trinajstić information content (AvgIpc) is 2.07. The van der Waals surface area contributed by atoms with E-state index in [1.54, 1.807) is 6.07 Å². The summed E-state index contributed by atoms with van der Waals surface area (Å²) in [5, 5.41) is 3.47. The fraction of sp³-hybridized carbons (Fsp3) is 0.364. The largest absolute Gasteiger partial charge is 0.326 e. The first-order valence-corrected chi connectivity index (χ1v) is 4.95. The molecule has 1 amide bonds. The minimum absolute atomic E-state index is 0.0676. The van der Waals surface area contributed by atoms with Crippen LogP contribution in [0.2, 0.25) is 5.02 Å². The van der Waals surface area contributed by atoms with Gasteiger partial charge in [0.25, 0.3) is 0 Å². The van der Waals surface area contributed by atoms with Crippen molar-refractivity contribution in [2.24, 2.45) is 0 Å². The molecule has 0 saturated heterocycles. The van der Waals surface area contributed by atoms with Crippen LogP contribution in [0.4, 0.5) is 5.69 Å². The number of rotatable bonds is 2. The predicted molar refractivity (Wildman–Crippen MR) is 59.8 cm³/mol. The van der Waals surface area contributed by atoms with Crippen LogP contribution in [0.15, 0.2) is 18.2 Å². The van der Waals surface area contributed by atoms with E-state index in [1.807, 2.05) is 12.1 Å². The van der Waals surface area contributed by atoms with Crippen LogP contribution in [0.3, 0.4) is 0 Å². The first kappa shape index (κ1) is 11.1. The van der Waals surface area contributed by atoms with E-state index in [4.69, 9.17) is 11.6 Å². The quantitative estimate of drug-likeness (QED) is 0.798. The summed E-state index contributed by atoms with van der Waals surface area (Å²) in [7, 11) is 0. The molecule has 1 aromatic rings. The second kappa shape index (κ2) is 4.47. The van der Waals surface area contributed by atoms with Gasteiger partial charge in [0.1, 0.15) is 0 Å². The number of carbonyl (C=O) groups excluding carboxylic acids is 1. The molecule has 0 radical (unpaired) electrons. The highest BCUT2D eigenvalue weighted by molar-refractivity contribution is 6.31. The van der Waals surface area contributed by atoms with Crippen LogP contribution >= 0.6 is 11.6 Å². The molecule has 76 valence electrons. The molecule has 0 aliphatic carbocycles. The standard InChI is InChI=1S/C11H14ClNO/c1-7(2)10-6-9(13-8(3)14)4-5-11(10)12/h4-7H,1-3H3,(H,13,14). The normalized spacial score (nSPS) is 10.4. The summed E-state index contributed by atoms with van der Waals surface area (Å²) >= 11 is 6.02. The summed E-state index contributed by atoms with van der Waals surface area (Å²) in [5.74, 6) is 0.290. The highest BCUT2D eigenvalue weighted by Crippen LogP contribution is 2.26. The molecule has 0 atom stereocenters. The summed E-state index contributed by atoms with van der Waals surface area (Å²) in [6.45, 7) is 5.63. The Hall–Kier alpha value is -1.02. The van der Waals surface area contributed by atoms with Crippen molar-refractivity contribution in [1.29, 1.82) is 0 Å². The number of hydrogen-bond donors (Lipinski definition) is 1. The summed E-state index contributed by atoms with van der Waals surface area (Å²) in [6, 6.07) is 5.52. The van der Waals surface area contributed by atoms with Gasteiger partial charge in [-0.25, -0.2) is 0 Å². The molecule has 1 aromatic carbocycles. The second-order valence-corrected chi connectivity index (χ2v) is 3.98. The molecule has 1 N–H and O–H groups in total. The highest BCUT2D eigenvalue weighted by atomic mass is 35.5. The number of nitrogens with one attached hydrogen (secondary N) is 1. The first-order valence-electron chi connectivity index (χ1n) is 4.57. The van der Waals surface area contributed by atoms with Crippen molar-refractivity contribution >= 4 is 23.2 Å². The molecule has 0 aromatic heterocycles. The molecule has 2 nitrogen and oxygen atoms in total. The van der Waals surface area contributed by atoms with Crippen LogP contribution in [0.1, 0.15) is 32.3 Å². The molecule has 3 heteroatoms. The van der Waals surface area contributed by atoms with Crippen molar-refractivity contribution < 1.29 is 4.79 Å². The topological polar surface area (TPSA) is 29.1 Å². The number of benzene rings is 1. The van der Waals surface area contributed by atoms with Gasteiger partial charge in [0.2, 0.25) is 5.91 Å². The van der Waals surface area contributed by atoms with Gasteiger partial charge in [-0.05, 0) is 29.7 Å². The van der Waals surface area contributed by atoms with Gasteiger partial charge in [0.05, 0.1) is 0 Å². The lowest BCUT2D eigenvalue weighted by Gasteiger charge is -2.10. The highest BCUT2D eigenvalue weighted by Gasteiger charge is 2.06. The number of carbonyl (C=O) groups is 1. The molecule has 0 fully saturated rings. The van der Waals surface area contributed by atoms with Gasteiger partial charge >= 0.3 is 0 Å². The predicted octanol–water partition coefficient (Wildman–Crippen LogP) is 3.42. The van der Waals surface area contributed by atoms with Gasteiger partial charge in [0, 0.05) is 17.6 Å². The van der Waals surface area contributed by atoms with Crippen molar-refractivity contribution in [3.8, 4) is 0 Å². The van der Waals surface area contributed by atoms with Crippen LogP contribution in [0.25, 0.3) is 0 Å². The summed E-state index contributed by atoms with van der Waals surface area (Å²) in [5.41, 5.74) is 1.85. The molecule has 0 heterocycles. The van der Waals surface area contributed by atoms with Gasteiger partial charge in [-0.1, -0.05) is 25.4 Å². The molecule has 0 bridgehead atoms. The Morgan fingerprint density at radius 1 is 1.43 bits per heavy atom. The van der Waals surface area contributed by atoms with Crippen molar-refractivity contribution in [2.75, 3.05) is 5.32 Å². The molecule has 0 unspecified atom stereocenters. The SMILES string of the molecule is CC(=O)Nc1ccc(Cl)c(C(C)C)c1. The lowest BCUT2D eigenvalue weighted by Crippen LogP contribution is -2.06. The van der Waals surface area contributed by atoms with Gasteiger partial charge in [-0.2, -0.15) is 0 Å². The van der Waals surface area contributed by atoms with Crippen molar-refractivity contribution in [3.63, 3.8) is 0 Å². The lowest BCUT2D eigenvalue weighted by molar-refractivity contribution is -0.114. The molecule has 0 spiro atoms. The Balaban J connectivity index is 3.00. The summed E-state index contributed by atoms with van der Waals surface area (Å²) < 4.78 is 0. The number of amides is 1. The van der Waals surface area contributed by atoms with Gasteiger partial charge in [-0.15, -0.1) is 0 Å². The van der Waals surface area contributed by atoms with E-state index in [-0.39, 0.29) is 5.91 Å². The van der Waals surface area contributed by atoms with E-state index in [0.29, 0.717) is 5.92 Å². The molecular formula is C11H14ClNO. The fourth-order valence-corrected chi connectivity index (χ4v) is 1.60. The van der Waals surface area contributed by atoms with Crippen molar-refractivity contribution in [3.05, 3.63) is 28.8 Å². The Morgan fingerprint density at radius 3 is 2.57 bits per heavy atom. The second-order valence-electron chi connectivity index (χ2n) is 3.57. The van der Waals surface area contributed by atoms with Crippen LogP contribution in [-0.4, -0.2) is 5.91 Å². The third-order valence-electron chi connectivity index (χ3n) is 1.94. The van der Waals surface area contributed by atoms with Crippen LogP contribution in [-0.2, 0) is 4.79 Å². The third kappa shape index (κ3) is 2.74. The van der Waals surface area contributed by atoms with Crippen LogP contribution in [0, 0.1) is 0 Å².